The van der Waals surface area contributed by atoms with Crippen LogP contribution in [0.3, 0.4) is 0 Å². The molecule has 0 aromatic heterocycles. The summed E-state index contributed by atoms with van der Waals surface area (Å²) in [5.74, 6) is 0.743. The zero-order chi connectivity index (χ0) is 17.4. The molecule has 2 rings (SSSR count). The summed E-state index contributed by atoms with van der Waals surface area (Å²) in [5, 5.41) is 8.49. The fourth-order valence-corrected chi connectivity index (χ4v) is 2.60. The fourth-order valence-electron chi connectivity index (χ4n) is 1.77. The molecular formula is C18H18Br2N4. The van der Waals surface area contributed by atoms with E-state index in [4.69, 9.17) is 0 Å². The van der Waals surface area contributed by atoms with Gasteiger partial charge in [-0.1, -0.05) is 56.1 Å². The SMILES string of the molecule is CC(C)=C(N/N=C/c1cccc(Br)c1)N/N=C/c1cccc(Br)c1. The largest absolute Gasteiger partial charge is 0.262 e. The van der Waals surface area contributed by atoms with Gasteiger partial charge in [0.1, 0.15) is 5.82 Å². The van der Waals surface area contributed by atoms with E-state index in [1.165, 1.54) is 0 Å². The summed E-state index contributed by atoms with van der Waals surface area (Å²) in [7, 11) is 0. The van der Waals surface area contributed by atoms with E-state index in [2.05, 4.69) is 52.9 Å². The molecule has 0 spiro atoms. The normalized spacial score (nSPS) is 11.0. The molecule has 6 heteroatoms. The summed E-state index contributed by atoms with van der Waals surface area (Å²) >= 11 is 6.88. The average Bonchev–Trinajstić information content (AvgIpc) is 2.53. The Morgan fingerprint density at radius 1 is 0.833 bits per heavy atom. The molecule has 2 aromatic rings. The van der Waals surface area contributed by atoms with Gasteiger partial charge in [0.05, 0.1) is 12.4 Å². The molecule has 0 heterocycles. The highest BCUT2D eigenvalue weighted by Crippen LogP contribution is 2.10. The van der Waals surface area contributed by atoms with Crippen LogP contribution in [0.25, 0.3) is 0 Å². The second-order valence-electron chi connectivity index (χ2n) is 5.23. The number of hydrogen-bond donors (Lipinski definition) is 2. The van der Waals surface area contributed by atoms with Crippen LogP contribution < -0.4 is 10.9 Å². The van der Waals surface area contributed by atoms with E-state index in [-0.39, 0.29) is 0 Å². The zero-order valence-electron chi connectivity index (χ0n) is 13.4. The van der Waals surface area contributed by atoms with Crippen molar-refractivity contribution in [1.29, 1.82) is 0 Å². The first kappa shape index (κ1) is 18.4. The molecule has 0 bridgehead atoms. The van der Waals surface area contributed by atoms with Crippen LogP contribution in [0.5, 0.6) is 0 Å². The Morgan fingerprint density at radius 3 is 1.67 bits per heavy atom. The number of allylic oxidation sites excluding steroid dienone is 1. The highest BCUT2D eigenvalue weighted by Gasteiger charge is 1.96. The highest BCUT2D eigenvalue weighted by molar-refractivity contribution is 9.10. The molecule has 0 atom stereocenters. The summed E-state index contributed by atoms with van der Waals surface area (Å²) in [6.07, 6.45) is 3.51. The quantitative estimate of drug-likeness (QED) is 0.481. The highest BCUT2D eigenvalue weighted by atomic mass is 79.9. The van der Waals surface area contributed by atoms with Gasteiger partial charge in [-0.3, -0.25) is 10.9 Å². The molecule has 0 saturated carbocycles. The van der Waals surface area contributed by atoms with Crippen molar-refractivity contribution in [2.24, 2.45) is 10.2 Å². The Labute approximate surface area is 159 Å². The van der Waals surface area contributed by atoms with Crippen molar-refractivity contribution in [3.8, 4) is 0 Å². The Balaban J connectivity index is 1.96. The molecule has 2 aromatic carbocycles. The van der Waals surface area contributed by atoms with Gasteiger partial charge in [0.15, 0.2) is 0 Å². The molecule has 0 aliphatic carbocycles. The van der Waals surface area contributed by atoms with Gasteiger partial charge in [-0.05, 0) is 54.8 Å². The number of hydrogen-bond acceptors (Lipinski definition) is 4. The summed E-state index contributed by atoms with van der Waals surface area (Å²) < 4.78 is 2.04. The minimum atomic E-state index is 0.743. The Bertz CT molecular complexity index is 719. The number of nitrogens with one attached hydrogen (secondary N) is 2. The third-order valence-electron chi connectivity index (χ3n) is 2.98. The zero-order valence-corrected chi connectivity index (χ0v) is 16.6. The van der Waals surface area contributed by atoms with Gasteiger partial charge in [0.25, 0.3) is 0 Å². The van der Waals surface area contributed by atoms with Crippen LogP contribution in [0.4, 0.5) is 0 Å². The van der Waals surface area contributed by atoms with Crippen LogP contribution in [-0.4, -0.2) is 12.4 Å². The third-order valence-corrected chi connectivity index (χ3v) is 3.96. The van der Waals surface area contributed by atoms with E-state index in [9.17, 15) is 0 Å². The summed E-state index contributed by atoms with van der Waals surface area (Å²) in [6, 6.07) is 15.8. The molecule has 24 heavy (non-hydrogen) atoms. The Kier molecular flexibility index (Phi) is 7.21. The van der Waals surface area contributed by atoms with E-state index in [1.54, 1.807) is 12.4 Å². The van der Waals surface area contributed by atoms with Gasteiger partial charge in [-0.25, -0.2) is 0 Å². The monoisotopic (exact) mass is 448 g/mol. The lowest BCUT2D eigenvalue weighted by Crippen LogP contribution is -2.20. The molecular weight excluding hydrogens is 432 g/mol. The van der Waals surface area contributed by atoms with Crippen LogP contribution in [0, 0.1) is 0 Å². The number of benzene rings is 2. The lowest BCUT2D eigenvalue weighted by Gasteiger charge is -2.08. The van der Waals surface area contributed by atoms with Gasteiger partial charge in [0, 0.05) is 8.95 Å². The number of rotatable bonds is 6. The van der Waals surface area contributed by atoms with E-state index < -0.39 is 0 Å². The first-order valence-corrected chi connectivity index (χ1v) is 8.90. The van der Waals surface area contributed by atoms with Gasteiger partial charge in [-0.2, -0.15) is 10.2 Å². The molecule has 0 fully saturated rings. The fraction of sp³-hybridized carbons (Fsp3) is 0.111. The first-order chi connectivity index (χ1) is 11.5. The van der Waals surface area contributed by atoms with Crippen LogP contribution in [0.15, 0.2) is 79.1 Å². The summed E-state index contributed by atoms with van der Waals surface area (Å²) in [5.41, 5.74) is 9.02. The minimum Gasteiger partial charge on any atom is -0.262 e. The Hall–Kier alpha value is -1.92. The van der Waals surface area contributed by atoms with Crippen LogP contribution >= 0.6 is 31.9 Å². The van der Waals surface area contributed by atoms with Crippen molar-refractivity contribution in [2.45, 2.75) is 13.8 Å². The number of nitrogens with zero attached hydrogens (tertiary/aromatic N) is 2. The summed E-state index contributed by atoms with van der Waals surface area (Å²) in [4.78, 5) is 0. The molecule has 124 valence electrons. The summed E-state index contributed by atoms with van der Waals surface area (Å²) in [6.45, 7) is 3.97. The van der Waals surface area contributed by atoms with Gasteiger partial charge in [0.2, 0.25) is 0 Å². The minimum absolute atomic E-state index is 0.743. The molecule has 4 nitrogen and oxygen atoms in total. The van der Waals surface area contributed by atoms with Crippen molar-refractivity contribution in [3.63, 3.8) is 0 Å². The topological polar surface area (TPSA) is 48.8 Å². The lowest BCUT2D eigenvalue weighted by molar-refractivity contribution is 0.730. The predicted octanol–water partition coefficient (Wildman–Crippen LogP) is 5.01. The van der Waals surface area contributed by atoms with Crippen LogP contribution in [0.2, 0.25) is 0 Å². The molecule has 0 aliphatic rings. The van der Waals surface area contributed by atoms with E-state index in [0.717, 1.165) is 31.5 Å². The predicted molar refractivity (Wildman–Crippen MR) is 108 cm³/mol. The average molecular weight is 450 g/mol. The first-order valence-electron chi connectivity index (χ1n) is 7.31. The van der Waals surface area contributed by atoms with E-state index in [0.29, 0.717) is 0 Å². The maximum absolute atomic E-state index is 4.25. The van der Waals surface area contributed by atoms with Crippen LogP contribution in [0.1, 0.15) is 25.0 Å². The maximum atomic E-state index is 4.25. The number of hydrazone groups is 2. The van der Waals surface area contributed by atoms with Crippen molar-refractivity contribution in [3.05, 3.63) is 80.0 Å². The van der Waals surface area contributed by atoms with Crippen LogP contribution in [-0.2, 0) is 0 Å². The van der Waals surface area contributed by atoms with Gasteiger partial charge in [-0.15, -0.1) is 0 Å². The van der Waals surface area contributed by atoms with Crippen molar-refractivity contribution in [1.82, 2.24) is 10.9 Å². The third kappa shape index (κ3) is 6.29. The van der Waals surface area contributed by atoms with E-state index in [1.807, 2.05) is 62.4 Å². The smallest absolute Gasteiger partial charge is 0.138 e. The Morgan fingerprint density at radius 2 is 1.29 bits per heavy atom. The van der Waals surface area contributed by atoms with E-state index >= 15 is 0 Å². The van der Waals surface area contributed by atoms with Crippen molar-refractivity contribution >= 4 is 44.3 Å². The molecule has 0 unspecified atom stereocenters. The lowest BCUT2D eigenvalue weighted by atomic mass is 10.2. The molecule has 0 aliphatic heterocycles. The molecule has 0 saturated heterocycles. The maximum Gasteiger partial charge on any atom is 0.138 e. The van der Waals surface area contributed by atoms with Gasteiger partial charge >= 0.3 is 0 Å². The molecule has 0 amide bonds. The standard InChI is InChI=1S/C18H18Br2N4/c1-13(2)18(23-21-11-14-5-3-7-16(19)9-14)24-22-12-15-6-4-8-17(20)10-15/h3-12,23-24H,1-2H3/b21-11+,22-12+. The molecule has 0 radical (unpaired) electrons. The van der Waals surface area contributed by atoms with Gasteiger partial charge < -0.3 is 0 Å². The second-order valence-corrected chi connectivity index (χ2v) is 7.06. The molecule has 2 N–H and O–H groups in total. The number of halogens is 2. The van der Waals surface area contributed by atoms with Crippen molar-refractivity contribution < 1.29 is 0 Å². The van der Waals surface area contributed by atoms with Crippen molar-refractivity contribution in [2.75, 3.05) is 0 Å². The second kappa shape index (κ2) is 9.39.